The van der Waals surface area contributed by atoms with Gasteiger partial charge in [0.25, 0.3) is 5.91 Å². The number of nitrogens with zero attached hydrogens (tertiary/aromatic N) is 2. The highest BCUT2D eigenvalue weighted by molar-refractivity contribution is 6.02. The summed E-state index contributed by atoms with van der Waals surface area (Å²) in [6.07, 6.45) is 7.39. The Morgan fingerprint density at radius 2 is 1.81 bits per heavy atom. The molecule has 3 aliphatic heterocycles. The Morgan fingerprint density at radius 3 is 2.38 bits per heavy atom. The maximum Gasteiger partial charge on any atom is 0.408 e. The third kappa shape index (κ3) is 5.40. The van der Waals surface area contributed by atoms with Crippen LogP contribution in [0.3, 0.4) is 0 Å². The first-order valence-electron chi connectivity index (χ1n) is 11.3. The molecule has 1 N–H and O–H groups in total. The molecule has 2 amide bonds. The fourth-order valence-electron chi connectivity index (χ4n) is 4.14. The van der Waals surface area contributed by atoms with Crippen molar-refractivity contribution in [3.63, 3.8) is 0 Å². The van der Waals surface area contributed by atoms with Crippen LogP contribution < -0.4 is 5.32 Å². The molecule has 0 aromatic rings. The number of esters is 1. The smallest absolute Gasteiger partial charge is 0.408 e. The number of ether oxygens (including phenoxy) is 2. The molecule has 0 saturated carbocycles. The summed E-state index contributed by atoms with van der Waals surface area (Å²) in [7, 11) is 0. The number of carbonyl (C=O) groups is 3. The molecule has 3 heterocycles. The molecular weight excluding hydrogens is 410 g/mol. The predicted octanol–water partition coefficient (Wildman–Crippen LogP) is 3.52. The molecular formula is C24H35N3O5. The minimum atomic E-state index is -0.712. The van der Waals surface area contributed by atoms with Gasteiger partial charge < -0.3 is 14.8 Å². The summed E-state index contributed by atoms with van der Waals surface area (Å²) in [6, 6.07) is -0.819. The fourth-order valence-corrected chi connectivity index (χ4v) is 4.14. The van der Waals surface area contributed by atoms with Crippen LogP contribution in [0.25, 0.3) is 0 Å². The second kappa shape index (κ2) is 8.71. The minimum absolute atomic E-state index is 0.196. The first-order chi connectivity index (χ1) is 14.8. The zero-order valence-electron chi connectivity index (χ0n) is 20.1. The lowest BCUT2D eigenvalue weighted by atomic mass is 9.83. The molecule has 32 heavy (non-hydrogen) atoms. The summed E-state index contributed by atoms with van der Waals surface area (Å²) >= 11 is 0. The summed E-state index contributed by atoms with van der Waals surface area (Å²) in [5.41, 5.74) is -0.309. The molecule has 8 nitrogen and oxygen atoms in total. The van der Waals surface area contributed by atoms with Crippen LogP contribution in [0.15, 0.2) is 28.4 Å². The van der Waals surface area contributed by atoms with Crippen molar-refractivity contribution in [1.29, 1.82) is 0 Å². The Hall–Kier alpha value is -2.64. The Kier molecular flexibility index (Phi) is 6.54. The largest absolute Gasteiger partial charge is 0.455 e. The third-order valence-corrected chi connectivity index (χ3v) is 5.62. The molecule has 1 fully saturated rings. The molecule has 176 valence electrons. The number of carbonyl (C=O) groups excluding carboxylic acids is 3. The van der Waals surface area contributed by atoms with Gasteiger partial charge in [0.1, 0.15) is 22.9 Å². The molecule has 0 radical (unpaired) electrons. The average Bonchev–Trinajstić information content (AvgIpc) is 3.05. The normalized spacial score (nSPS) is 28.0. The standard InChI is InChI=1S/C24H35N3O5/c1-14-15(12-13-25-14)8-9-16-10-11-17-18(26-22(30)32-24(5,6)7)20(28)27(17)19(16)21(29)31-23(2,3)4/h8-9,13-15,17-18H,10-12H2,1-7H3,(H,26,30)/b9-8+/t14?,15?,17-,18+/m1/s1. The second-order valence-electron chi connectivity index (χ2n) is 10.6. The number of fused-ring (bicyclic) bond motifs is 1. The molecule has 0 aromatic heterocycles. The Balaban J connectivity index is 1.83. The van der Waals surface area contributed by atoms with Crippen LogP contribution in [-0.2, 0) is 19.1 Å². The van der Waals surface area contributed by atoms with Gasteiger partial charge in [-0.2, -0.15) is 0 Å². The number of aliphatic imine (C=N–C) groups is 1. The lowest BCUT2D eigenvalue weighted by molar-refractivity contribution is -0.161. The maximum atomic E-state index is 13.1. The topological polar surface area (TPSA) is 97.3 Å². The Labute approximate surface area is 190 Å². The van der Waals surface area contributed by atoms with Crippen LogP contribution in [0.1, 0.15) is 67.7 Å². The first-order valence-corrected chi connectivity index (χ1v) is 11.3. The monoisotopic (exact) mass is 445 g/mol. The highest BCUT2D eigenvalue weighted by atomic mass is 16.6. The molecule has 3 rings (SSSR count). The molecule has 4 atom stereocenters. The number of nitrogens with one attached hydrogen (secondary N) is 1. The van der Waals surface area contributed by atoms with E-state index in [0.29, 0.717) is 12.8 Å². The summed E-state index contributed by atoms with van der Waals surface area (Å²) in [4.78, 5) is 44.2. The Bertz CT molecular complexity index is 875. The van der Waals surface area contributed by atoms with Gasteiger partial charge in [-0.15, -0.1) is 0 Å². The van der Waals surface area contributed by atoms with E-state index in [1.807, 2.05) is 12.3 Å². The number of allylic oxidation sites excluding steroid dienone is 2. The quantitative estimate of drug-likeness (QED) is 0.527. The number of β-lactam (4-membered cyclic amide) rings is 1. The number of rotatable bonds is 4. The summed E-state index contributed by atoms with van der Waals surface area (Å²) < 4.78 is 10.9. The van der Waals surface area contributed by atoms with E-state index < -0.39 is 29.3 Å². The van der Waals surface area contributed by atoms with Crippen LogP contribution >= 0.6 is 0 Å². The second-order valence-corrected chi connectivity index (χ2v) is 10.6. The zero-order valence-corrected chi connectivity index (χ0v) is 20.1. The van der Waals surface area contributed by atoms with Gasteiger partial charge in [0.15, 0.2) is 0 Å². The van der Waals surface area contributed by atoms with E-state index in [1.165, 1.54) is 4.90 Å². The highest BCUT2D eigenvalue weighted by Gasteiger charge is 2.54. The SMILES string of the molecule is CC1N=CCC1/C=C/C1=C(C(=O)OC(C)(C)C)N2C(=O)[C@@H](NC(=O)OC(C)(C)C)[C@H]2CC1. The van der Waals surface area contributed by atoms with Gasteiger partial charge in [0, 0.05) is 5.92 Å². The van der Waals surface area contributed by atoms with Crippen molar-refractivity contribution in [1.82, 2.24) is 10.2 Å². The van der Waals surface area contributed by atoms with E-state index >= 15 is 0 Å². The molecule has 8 heteroatoms. The van der Waals surface area contributed by atoms with Crippen LogP contribution in [0.2, 0.25) is 0 Å². The van der Waals surface area contributed by atoms with E-state index in [9.17, 15) is 14.4 Å². The molecule has 0 aliphatic carbocycles. The van der Waals surface area contributed by atoms with Gasteiger partial charge in [0.2, 0.25) is 0 Å². The number of amides is 2. The zero-order chi connectivity index (χ0) is 23.8. The predicted molar refractivity (Wildman–Crippen MR) is 121 cm³/mol. The maximum absolute atomic E-state index is 13.1. The summed E-state index contributed by atoms with van der Waals surface area (Å²) in [6.45, 7) is 12.7. The van der Waals surface area contributed by atoms with E-state index in [4.69, 9.17) is 9.47 Å². The van der Waals surface area contributed by atoms with E-state index in [0.717, 1.165) is 12.0 Å². The average molecular weight is 446 g/mol. The lowest BCUT2D eigenvalue weighted by Crippen LogP contribution is -2.72. The van der Waals surface area contributed by atoms with Crippen molar-refractivity contribution in [3.05, 3.63) is 23.4 Å². The van der Waals surface area contributed by atoms with Gasteiger partial charge in [-0.05, 0) is 79.5 Å². The Morgan fingerprint density at radius 1 is 1.16 bits per heavy atom. The third-order valence-electron chi connectivity index (χ3n) is 5.62. The molecule has 3 aliphatic rings. The molecule has 0 aromatic carbocycles. The van der Waals surface area contributed by atoms with Gasteiger partial charge in [-0.1, -0.05) is 12.2 Å². The van der Waals surface area contributed by atoms with Crippen LogP contribution in [0, 0.1) is 5.92 Å². The molecule has 0 bridgehead atoms. The van der Waals surface area contributed by atoms with Gasteiger partial charge >= 0.3 is 12.1 Å². The van der Waals surface area contributed by atoms with E-state index in [2.05, 4.69) is 23.3 Å². The van der Waals surface area contributed by atoms with Crippen molar-refractivity contribution in [3.8, 4) is 0 Å². The van der Waals surface area contributed by atoms with Crippen molar-refractivity contribution in [2.45, 2.75) is 97.1 Å². The first kappa shape index (κ1) is 24.0. The van der Waals surface area contributed by atoms with Crippen molar-refractivity contribution in [2.75, 3.05) is 0 Å². The van der Waals surface area contributed by atoms with Gasteiger partial charge in [0.05, 0.1) is 12.1 Å². The lowest BCUT2D eigenvalue weighted by Gasteiger charge is -2.50. The highest BCUT2D eigenvalue weighted by Crippen LogP contribution is 2.38. The van der Waals surface area contributed by atoms with Crippen LogP contribution in [0.5, 0.6) is 0 Å². The van der Waals surface area contributed by atoms with Gasteiger partial charge in [-0.25, -0.2) is 9.59 Å². The summed E-state index contributed by atoms with van der Waals surface area (Å²) in [5.74, 6) is -0.583. The fraction of sp³-hybridized carbons (Fsp3) is 0.667. The van der Waals surface area contributed by atoms with E-state index in [-0.39, 0.29) is 29.6 Å². The van der Waals surface area contributed by atoms with E-state index in [1.54, 1.807) is 41.5 Å². The minimum Gasteiger partial charge on any atom is -0.455 e. The van der Waals surface area contributed by atoms with Crippen LogP contribution in [0.4, 0.5) is 4.79 Å². The van der Waals surface area contributed by atoms with Crippen molar-refractivity contribution >= 4 is 24.2 Å². The number of hydrogen-bond acceptors (Lipinski definition) is 6. The van der Waals surface area contributed by atoms with Crippen molar-refractivity contribution in [2.24, 2.45) is 10.9 Å². The molecule has 0 spiro atoms. The number of alkyl carbamates (subject to hydrolysis) is 1. The summed E-state index contributed by atoms with van der Waals surface area (Å²) in [5, 5.41) is 2.67. The number of hydrogen-bond donors (Lipinski definition) is 1. The molecule has 2 unspecified atom stereocenters. The van der Waals surface area contributed by atoms with Crippen LogP contribution in [-0.4, -0.2) is 58.4 Å². The van der Waals surface area contributed by atoms with Crippen molar-refractivity contribution < 1.29 is 23.9 Å². The molecule has 1 saturated heterocycles. The van der Waals surface area contributed by atoms with Gasteiger partial charge in [-0.3, -0.25) is 14.7 Å².